The highest BCUT2D eigenvalue weighted by Gasteiger charge is 2.02. The Kier molecular flexibility index (Phi) is 5.13. The van der Waals surface area contributed by atoms with Gasteiger partial charge in [-0.25, -0.2) is 0 Å². The molecule has 13 heavy (non-hydrogen) atoms. The van der Waals surface area contributed by atoms with Crippen molar-refractivity contribution in [2.45, 2.75) is 13.0 Å². The summed E-state index contributed by atoms with van der Waals surface area (Å²) in [5.74, 6) is 0.592. The van der Waals surface area contributed by atoms with Crippen LogP contribution in [0.1, 0.15) is 17.8 Å². The maximum absolute atomic E-state index is 5.50. The molecular weight excluding hydrogens is 202 g/mol. The molecule has 0 unspecified atom stereocenters. The van der Waals surface area contributed by atoms with E-state index in [1.807, 2.05) is 6.08 Å². The van der Waals surface area contributed by atoms with E-state index in [2.05, 4.69) is 35.8 Å². The number of halogens is 1. The molecule has 1 aromatic rings. The largest absolute Gasteiger partial charge is 0.306 e. The van der Waals surface area contributed by atoms with Crippen LogP contribution < -0.4 is 5.32 Å². The molecule has 0 fully saturated rings. The second-order valence-corrected chi connectivity index (χ2v) is 4.06. The summed E-state index contributed by atoms with van der Waals surface area (Å²) in [7, 11) is 0. The van der Waals surface area contributed by atoms with Crippen molar-refractivity contribution in [3.63, 3.8) is 0 Å². The summed E-state index contributed by atoms with van der Waals surface area (Å²) in [6.07, 6.45) is 4.01. The van der Waals surface area contributed by atoms with Crippen LogP contribution in [0.5, 0.6) is 0 Å². The van der Waals surface area contributed by atoms with E-state index in [1.54, 1.807) is 11.3 Å². The summed E-state index contributed by atoms with van der Waals surface area (Å²) >= 11 is 7.29. The van der Waals surface area contributed by atoms with E-state index < -0.39 is 0 Å². The van der Waals surface area contributed by atoms with Gasteiger partial charge in [0.15, 0.2) is 0 Å². The van der Waals surface area contributed by atoms with Crippen LogP contribution in [-0.2, 0) is 0 Å². The Morgan fingerprint density at radius 1 is 1.62 bits per heavy atom. The highest BCUT2D eigenvalue weighted by molar-refractivity contribution is 7.10. The highest BCUT2D eigenvalue weighted by atomic mass is 35.5. The van der Waals surface area contributed by atoms with E-state index in [-0.39, 0.29) is 0 Å². The van der Waals surface area contributed by atoms with Crippen LogP contribution in [0.25, 0.3) is 0 Å². The molecule has 0 bridgehead atoms. The first-order valence-electron chi connectivity index (χ1n) is 4.32. The molecule has 1 heterocycles. The van der Waals surface area contributed by atoms with E-state index in [1.165, 1.54) is 4.88 Å². The van der Waals surface area contributed by atoms with Crippen molar-refractivity contribution in [3.8, 4) is 0 Å². The van der Waals surface area contributed by atoms with Crippen LogP contribution in [0.2, 0.25) is 0 Å². The average molecular weight is 216 g/mol. The van der Waals surface area contributed by atoms with Crippen LogP contribution in [0.3, 0.4) is 0 Å². The predicted octanol–water partition coefficient (Wildman–Crippen LogP) is 3.19. The lowest BCUT2D eigenvalue weighted by Gasteiger charge is -2.09. The Morgan fingerprint density at radius 2 is 2.46 bits per heavy atom. The lowest BCUT2D eigenvalue weighted by Crippen LogP contribution is -2.17. The van der Waals surface area contributed by atoms with Gasteiger partial charge in [0.1, 0.15) is 0 Å². The second kappa shape index (κ2) is 6.19. The number of hydrogen-bond donors (Lipinski definition) is 1. The van der Waals surface area contributed by atoms with Crippen molar-refractivity contribution >= 4 is 22.9 Å². The molecule has 0 amide bonds. The molecule has 0 saturated carbocycles. The molecule has 0 spiro atoms. The summed E-state index contributed by atoms with van der Waals surface area (Å²) in [5.41, 5.74) is 0. The lowest BCUT2D eigenvalue weighted by molar-refractivity contribution is 0.627. The number of allylic oxidation sites excluding steroid dienone is 1. The van der Waals surface area contributed by atoms with Crippen molar-refractivity contribution in [3.05, 3.63) is 34.5 Å². The van der Waals surface area contributed by atoms with E-state index in [0.717, 1.165) is 6.54 Å². The summed E-state index contributed by atoms with van der Waals surface area (Å²) in [5, 5.41) is 5.48. The molecule has 1 rings (SSSR count). The fourth-order valence-corrected chi connectivity index (χ4v) is 1.91. The van der Waals surface area contributed by atoms with Crippen molar-refractivity contribution in [2.75, 3.05) is 12.4 Å². The molecule has 1 atom stereocenters. The van der Waals surface area contributed by atoms with Crippen molar-refractivity contribution < 1.29 is 0 Å². The average Bonchev–Trinajstić information content (AvgIpc) is 2.65. The van der Waals surface area contributed by atoms with Gasteiger partial charge in [-0.05, 0) is 18.4 Å². The normalized spacial score (nSPS) is 13.7. The third-order valence-corrected chi connectivity index (χ3v) is 3.00. The minimum atomic E-state index is 0.431. The standard InChI is InChI=1S/C10H14ClNS/c1-9(10-5-4-8-13-10)12-7-3-2-6-11/h2-5,8-9,12H,6-7H2,1H3/b3-2+/t9-/m1/s1. The van der Waals surface area contributed by atoms with Crippen LogP contribution in [0, 0.1) is 0 Å². The molecule has 72 valence electrons. The molecule has 0 aliphatic rings. The van der Waals surface area contributed by atoms with Crippen molar-refractivity contribution in [2.24, 2.45) is 0 Å². The van der Waals surface area contributed by atoms with Gasteiger partial charge in [-0.2, -0.15) is 0 Å². The number of rotatable bonds is 5. The molecular formula is C10H14ClNS. The Labute approximate surface area is 88.4 Å². The Hall–Kier alpha value is -0.310. The first-order chi connectivity index (χ1) is 6.34. The summed E-state index contributed by atoms with van der Waals surface area (Å²) < 4.78 is 0. The number of alkyl halides is 1. The third-order valence-electron chi connectivity index (χ3n) is 1.77. The zero-order valence-corrected chi connectivity index (χ0v) is 9.24. The summed E-state index contributed by atoms with van der Waals surface area (Å²) in [6.45, 7) is 3.05. The fraction of sp³-hybridized carbons (Fsp3) is 0.400. The second-order valence-electron chi connectivity index (χ2n) is 2.77. The van der Waals surface area contributed by atoms with Crippen LogP contribution in [0.15, 0.2) is 29.7 Å². The molecule has 1 nitrogen and oxygen atoms in total. The quantitative estimate of drug-likeness (QED) is 0.588. The Bertz CT molecular complexity index is 243. The van der Waals surface area contributed by atoms with E-state index in [4.69, 9.17) is 11.6 Å². The van der Waals surface area contributed by atoms with Gasteiger partial charge in [0.25, 0.3) is 0 Å². The molecule has 1 aromatic heterocycles. The van der Waals surface area contributed by atoms with E-state index in [9.17, 15) is 0 Å². The van der Waals surface area contributed by atoms with Crippen molar-refractivity contribution in [1.29, 1.82) is 0 Å². The molecule has 1 N–H and O–H groups in total. The van der Waals surface area contributed by atoms with Gasteiger partial charge in [-0.1, -0.05) is 18.2 Å². The van der Waals surface area contributed by atoms with Crippen LogP contribution in [0.4, 0.5) is 0 Å². The van der Waals surface area contributed by atoms with E-state index in [0.29, 0.717) is 11.9 Å². The van der Waals surface area contributed by atoms with Gasteiger partial charge in [-0.3, -0.25) is 0 Å². The molecule has 0 aliphatic heterocycles. The minimum absolute atomic E-state index is 0.431. The van der Waals surface area contributed by atoms with Crippen molar-refractivity contribution in [1.82, 2.24) is 5.32 Å². The molecule has 0 radical (unpaired) electrons. The lowest BCUT2D eigenvalue weighted by atomic mass is 10.3. The van der Waals surface area contributed by atoms with E-state index >= 15 is 0 Å². The highest BCUT2D eigenvalue weighted by Crippen LogP contribution is 2.17. The maximum atomic E-state index is 5.50. The smallest absolute Gasteiger partial charge is 0.0404 e. The van der Waals surface area contributed by atoms with Crippen LogP contribution in [-0.4, -0.2) is 12.4 Å². The van der Waals surface area contributed by atoms with Crippen LogP contribution >= 0.6 is 22.9 Å². The first kappa shape index (κ1) is 10.8. The molecule has 0 aliphatic carbocycles. The zero-order chi connectivity index (χ0) is 9.52. The Morgan fingerprint density at radius 3 is 3.08 bits per heavy atom. The molecule has 3 heteroatoms. The van der Waals surface area contributed by atoms with Gasteiger partial charge in [0.2, 0.25) is 0 Å². The number of nitrogens with one attached hydrogen (secondary N) is 1. The minimum Gasteiger partial charge on any atom is -0.306 e. The summed E-state index contributed by atoms with van der Waals surface area (Å²) in [6, 6.07) is 4.65. The molecule has 0 saturated heterocycles. The first-order valence-corrected chi connectivity index (χ1v) is 5.73. The number of hydrogen-bond acceptors (Lipinski definition) is 2. The molecule has 0 aromatic carbocycles. The van der Waals surface area contributed by atoms with Gasteiger partial charge < -0.3 is 5.32 Å². The third kappa shape index (κ3) is 3.94. The SMILES string of the molecule is C[C@@H](NC/C=C/CCl)c1cccs1. The summed E-state index contributed by atoms with van der Waals surface area (Å²) in [4.78, 5) is 1.37. The van der Waals surface area contributed by atoms with Gasteiger partial charge in [0, 0.05) is 23.3 Å². The topological polar surface area (TPSA) is 12.0 Å². The monoisotopic (exact) mass is 215 g/mol. The van der Waals surface area contributed by atoms with Gasteiger partial charge >= 0.3 is 0 Å². The van der Waals surface area contributed by atoms with Gasteiger partial charge in [-0.15, -0.1) is 22.9 Å². The maximum Gasteiger partial charge on any atom is 0.0404 e. The van der Waals surface area contributed by atoms with Gasteiger partial charge in [0.05, 0.1) is 0 Å². The Balaban J connectivity index is 2.26. The predicted molar refractivity (Wildman–Crippen MR) is 60.6 cm³/mol. The number of thiophene rings is 1. The zero-order valence-electron chi connectivity index (χ0n) is 7.66. The fourth-order valence-electron chi connectivity index (χ4n) is 1.03.